The Morgan fingerprint density at radius 1 is 1.05 bits per heavy atom. The van der Waals surface area contributed by atoms with E-state index in [0.717, 1.165) is 18.5 Å². The van der Waals surface area contributed by atoms with Gasteiger partial charge in [0.2, 0.25) is 5.91 Å². The summed E-state index contributed by atoms with van der Waals surface area (Å²) in [6.07, 6.45) is 0.632. The third-order valence-corrected chi connectivity index (χ3v) is 4.74. The van der Waals surface area contributed by atoms with E-state index in [1.54, 1.807) is 0 Å². The van der Waals surface area contributed by atoms with Crippen LogP contribution >= 0.6 is 11.6 Å². The van der Waals surface area contributed by atoms with E-state index in [1.165, 1.54) is 11.1 Å². The molecule has 21 heavy (non-hydrogen) atoms. The number of rotatable bonds is 1. The molecule has 2 aliphatic heterocycles. The van der Waals surface area contributed by atoms with Crippen molar-refractivity contribution in [1.82, 2.24) is 10.2 Å². The average Bonchev–Trinajstić information content (AvgIpc) is 2.82. The molecule has 1 fully saturated rings. The molecule has 2 atom stereocenters. The first-order chi connectivity index (χ1) is 10.2. The summed E-state index contributed by atoms with van der Waals surface area (Å²) in [5.41, 5.74) is 3.53. The highest BCUT2D eigenvalue weighted by Crippen LogP contribution is 2.36. The standard InChI is InChI=1S/C17H15ClN2O/c18-14-8-4-3-7-13(14)16-19-17(21)15-9-11-5-1-2-6-12(11)10-20(15)16/h1-8,15-16H,9-10H2,(H,19,21)/t15-,16+/m0/s1. The Bertz CT molecular complexity index is 715. The maximum atomic E-state index is 12.3. The molecule has 2 aliphatic rings. The van der Waals surface area contributed by atoms with Gasteiger partial charge in [0, 0.05) is 17.1 Å². The minimum absolute atomic E-state index is 0.0921. The second-order valence-corrected chi connectivity index (χ2v) is 6.00. The molecule has 0 aromatic heterocycles. The Balaban J connectivity index is 1.74. The lowest BCUT2D eigenvalue weighted by molar-refractivity contribution is -0.121. The van der Waals surface area contributed by atoms with Crippen LogP contribution in [0.5, 0.6) is 0 Å². The highest BCUT2D eigenvalue weighted by molar-refractivity contribution is 6.31. The molecule has 0 saturated carbocycles. The summed E-state index contributed by atoms with van der Waals surface area (Å²) >= 11 is 6.31. The number of nitrogens with zero attached hydrogens (tertiary/aromatic N) is 1. The molecule has 0 bridgehead atoms. The summed E-state index contributed by atoms with van der Waals surface area (Å²) < 4.78 is 0. The molecule has 1 amide bonds. The van der Waals surface area contributed by atoms with Crippen LogP contribution in [-0.4, -0.2) is 16.8 Å². The Labute approximate surface area is 128 Å². The number of carbonyl (C=O) groups excluding carboxylic acids is 1. The lowest BCUT2D eigenvalue weighted by atomic mass is 9.94. The lowest BCUT2D eigenvalue weighted by Gasteiger charge is -2.33. The molecule has 0 radical (unpaired) electrons. The van der Waals surface area contributed by atoms with Crippen molar-refractivity contribution >= 4 is 17.5 Å². The molecular weight excluding hydrogens is 284 g/mol. The van der Waals surface area contributed by atoms with Crippen LogP contribution in [0, 0.1) is 0 Å². The molecule has 4 rings (SSSR count). The number of amides is 1. The minimum atomic E-state index is -0.135. The van der Waals surface area contributed by atoms with E-state index in [4.69, 9.17) is 11.6 Å². The van der Waals surface area contributed by atoms with Gasteiger partial charge in [-0.15, -0.1) is 0 Å². The van der Waals surface area contributed by atoms with Crippen LogP contribution in [0.2, 0.25) is 5.02 Å². The number of fused-ring (bicyclic) bond motifs is 2. The third-order valence-electron chi connectivity index (χ3n) is 4.40. The maximum absolute atomic E-state index is 12.3. The molecular formula is C17H15ClN2O. The van der Waals surface area contributed by atoms with Gasteiger partial charge in [0.1, 0.15) is 6.17 Å². The van der Waals surface area contributed by atoms with Gasteiger partial charge in [0.25, 0.3) is 0 Å². The van der Waals surface area contributed by atoms with Crippen molar-refractivity contribution in [3.05, 3.63) is 70.2 Å². The summed E-state index contributed by atoms with van der Waals surface area (Å²) in [5.74, 6) is 0.0921. The van der Waals surface area contributed by atoms with Gasteiger partial charge in [-0.1, -0.05) is 54.1 Å². The molecule has 2 heterocycles. The monoisotopic (exact) mass is 298 g/mol. The Morgan fingerprint density at radius 2 is 1.76 bits per heavy atom. The molecule has 106 valence electrons. The zero-order valence-electron chi connectivity index (χ0n) is 11.4. The Hall–Kier alpha value is -1.84. The fourth-order valence-corrected chi connectivity index (χ4v) is 3.56. The van der Waals surface area contributed by atoms with Crippen molar-refractivity contribution in [3.8, 4) is 0 Å². The summed E-state index contributed by atoms with van der Waals surface area (Å²) in [4.78, 5) is 14.5. The fourth-order valence-electron chi connectivity index (χ4n) is 3.32. The van der Waals surface area contributed by atoms with Crippen molar-refractivity contribution in [2.75, 3.05) is 0 Å². The lowest BCUT2D eigenvalue weighted by Crippen LogP contribution is -2.39. The number of carbonyl (C=O) groups is 1. The van der Waals surface area contributed by atoms with Crippen molar-refractivity contribution in [2.45, 2.75) is 25.2 Å². The van der Waals surface area contributed by atoms with Crippen LogP contribution in [0.3, 0.4) is 0 Å². The van der Waals surface area contributed by atoms with Crippen LogP contribution in [0.25, 0.3) is 0 Å². The topological polar surface area (TPSA) is 32.3 Å². The van der Waals surface area contributed by atoms with E-state index in [1.807, 2.05) is 30.3 Å². The molecule has 3 nitrogen and oxygen atoms in total. The zero-order valence-corrected chi connectivity index (χ0v) is 12.2. The quantitative estimate of drug-likeness (QED) is 0.878. The SMILES string of the molecule is O=C1N[C@@H](c2ccccc2Cl)N2Cc3ccccc3C[C@@H]12. The Kier molecular flexibility index (Phi) is 2.98. The average molecular weight is 299 g/mol. The summed E-state index contributed by atoms with van der Waals surface area (Å²) in [6.45, 7) is 0.773. The van der Waals surface area contributed by atoms with Crippen LogP contribution < -0.4 is 5.32 Å². The van der Waals surface area contributed by atoms with Crippen molar-refractivity contribution in [2.24, 2.45) is 0 Å². The van der Waals surface area contributed by atoms with E-state index >= 15 is 0 Å². The highest BCUT2D eigenvalue weighted by Gasteiger charge is 2.43. The van der Waals surface area contributed by atoms with E-state index in [0.29, 0.717) is 5.02 Å². The van der Waals surface area contributed by atoms with Gasteiger partial charge < -0.3 is 5.32 Å². The second kappa shape index (κ2) is 4.86. The van der Waals surface area contributed by atoms with E-state index in [9.17, 15) is 4.79 Å². The zero-order chi connectivity index (χ0) is 14.4. The van der Waals surface area contributed by atoms with Crippen LogP contribution in [0.4, 0.5) is 0 Å². The molecule has 0 unspecified atom stereocenters. The van der Waals surface area contributed by atoms with E-state index < -0.39 is 0 Å². The largest absolute Gasteiger partial charge is 0.335 e. The van der Waals surface area contributed by atoms with E-state index in [2.05, 4.69) is 28.4 Å². The van der Waals surface area contributed by atoms with Gasteiger partial charge >= 0.3 is 0 Å². The Morgan fingerprint density at radius 3 is 2.57 bits per heavy atom. The van der Waals surface area contributed by atoms with Crippen LogP contribution in [0.1, 0.15) is 22.9 Å². The predicted molar refractivity (Wildman–Crippen MR) is 81.8 cm³/mol. The van der Waals surface area contributed by atoms with Gasteiger partial charge in [0.05, 0.1) is 6.04 Å². The summed E-state index contributed by atoms with van der Waals surface area (Å²) in [6, 6.07) is 16.0. The van der Waals surface area contributed by atoms with Gasteiger partial charge in [-0.3, -0.25) is 9.69 Å². The number of hydrogen-bond acceptors (Lipinski definition) is 2. The first-order valence-corrected chi connectivity index (χ1v) is 7.49. The molecule has 1 N–H and O–H groups in total. The van der Waals surface area contributed by atoms with Crippen LogP contribution in [0.15, 0.2) is 48.5 Å². The van der Waals surface area contributed by atoms with Crippen molar-refractivity contribution in [3.63, 3.8) is 0 Å². The molecule has 4 heteroatoms. The summed E-state index contributed by atoms with van der Waals surface area (Å²) in [5, 5.41) is 3.79. The van der Waals surface area contributed by atoms with Crippen LogP contribution in [-0.2, 0) is 17.8 Å². The number of hydrogen-bond donors (Lipinski definition) is 1. The number of nitrogens with one attached hydrogen (secondary N) is 1. The van der Waals surface area contributed by atoms with Gasteiger partial charge in [-0.2, -0.15) is 0 Å². The maximum Gasteiger partial charge on any atom is 0.239 e. The first kappa shape index (κ1) is 12.9. The molecule has 2 aromatic rings. The van der Waals surface area contributed by atoms with Crippen molar-refractivity contribution < 1.29 is 4.79 Å². The molecule has 0 aliphatic carbocycles. The summed E-state index contributed by atoms with van der Waals surface area (Å²) in [7, 11) is 0. The highest BCUT2D eigenvalue weighted by atomic mass is 35.5. The number of benzene rings is 2. The van der Waals surface area contributed by atoms with E-state index in [-0.39, 0.29) is 18.1 Å². The smallest absolute Gasteiger partial charge is 0.239 e. The predicted octanol–water partition coefficient (Wildman–Crippen LogP) is 2.90. The second-order valence-electron chi connectivity index (χ2n) is 5.59. The van der Waals surface area contributed by atoms with Gasteiger partial charge in [0.15, 0.2) is 0 Å². The van der Waals surface area contributed by atoms with Gasteiger partial charge in [-0.25, -0.2) is 0 Å². The molecule has 2 aromatic carbocycles. The number of halogens is 1. The fraction of sp³-hybridized carbons (Fsp3) is 0.235. The van der Waals surface area contributed by atoms with Gasteiger partial charge in [-0.05, 0) is 23.6 Å². The van der Waals surface area contributed by atoms with Crippen molar-refractivity contribution in [1.29, 1.82) is 0 Å². The molecule has 1 saturated heterocycles. The first-order valence-electron chi connectivity index (χ1n) is 7.11. The molecule has 0 spiro atoms. The third kappa shape index (κ3) is 2.04. The normalized spacial score (nSPS) is 24.3. The minimum Gasteiger partial charge on any atom is -0.335 e.